The Morgan fingerprint density at radius 1 is 1.10 bits per heavy atom. The Balaban J connectivity index is 1.39. The molecule has 1 atom stereocenters. The van der Waals surface area contributed by atoms with Crippen LogP contribution in [0.4, 0.5) is 11.4 Å². The first kappa shape index (κ1) is 19.4. The molecule has 1 aliphatic heterocycles. The molecule has 0 bridgehead atoms. The topological polar surface area (TPSA) is 88.5 Å². The molecule has 29 heavy (non-hydrogen) atoms. The molecule has 2 aromatic carbocycles. The van der Waals surface area contributed by atoms with Gasteiger partial charge in [-0.05, 0) is 37.3 Å². The third kappa shape index (κ3) is 4.23. The first-order valence-electron chi connectivity index (χ1n) is 9.34. The van der Waals surface area contributed by atoms with Gasteiger partial charge in [0.2, 0.25) is 11.8 Å². The predicted octanol–water partition coefficient (Wildman–Crippen LogP) is 4.18. The molecule has 4 rings (SSSR count). The number of anilines is 1. The zero-order valence-electron chi connectivity index (χ0n) is 15.9. The largest absolute Gasteiger partial charge is 0.419 e. The summed E-state index contributed by atoms with van der Waals surface area (Å²) in [6.07, 6.45) is 0. The molecule has 150 valence electrons. The maximum atomic E-state index is 10.8. The standard InChI is InChI=1S/C20H20ClN5O3/c1-14(19-22-23-20(29-19)15-3-2-4-16(21)13-15)24-9-11-25(12-10-24)17-5-7-18(8-6-17)26(27)28/h2-8,13-14H,9-12H2,1H3/t14-/m0/s1. The highest BCUT2D eigenvalue weighted by Gasteiger charge is 2.26. The van der Waals surface area contributed by atoms with Crippen LogP contribution in [-0.2, 0) is 0 Å². The van der Waals surface area contributed by atoms with Crippen molar-refractivity contribution < 1.29 is 9.34 Å². The lowest BCUT2D eigenvalue weighted by atomic mass is 10.2. The van der Waals surface area contributed by atoms with Crippen LogP contribution in [0.15, 0.2) is 52.9 Å². The zero-order chi connectivity index (χ0) is 20.4. The Hall–Kier alpha value is -2.97. The minimum absolute atomic E-state index is 0.00514. The van der Waals surface area contributed by atoms with Crippen molar-refractivity contribution in [3.8, 4) is 11.5 Å². The highest BCUT2D eigenvalue weighted by molar-refractivity contribution is 6.30. The number of hydrogen-bond acceptors (Lipinski definition) is 7. The predicted molar refractivity (Wildman–Crippen MR) is 110 cm³/mol. The molecule has 2 heterocycles. The van der Waals surface area contributed by atoms with Crippen molar-refractivity contribution in [3.05, 3.63) is 69.6 Å². The number of non-ortho nitro benzene ring substituents is 1. The minimum atomic E-state index is -0.383. The van der Waals surface area contributed by atoms with Crippen LogP contribution in [0.3, 0.4) is 0 Å². The Morgan fingerprint density at radius 2 is 1.83 bits per heavy atom. The number of rotatable bonds is 5. The van der Waals surface area contributed by atoms with Crippen LogP contribution < -0.4 is 4.90 Å². The van der Waals surface area contributed by atoms with Crippen LogP contribution in [0, 0.1) is 10.1 Å². The van der Waals surface area contributed by atoms with Gasteiger partial charge < -0.3 is 9.32 Å². The number of nitro groups is 1. The molecule has 1 aromatic heterocycles. The van der Waals surface area contributed by atoms with Gasteiger partial charge in [-0.15, -0.1) is 10.2 Å². The molecule has 9 heteroatoms. The Bertz CT molecular complexity index is 999. The third-order valence-corrected chi connectivity index (χ3v) is 5.39. The van der Waals surface area contributed by atoms with E-state index >= 15 is 0 Å². The van der Waals surface area contributed by atoms with Crippen molar-refractivity contribution in [3.63, 3.8) is 0 Å². The van der Waals surface area contributed by atoms with E-state index in [1.807, 2.05) is 12.1 Å². The number of hydrogen-bond donors (Lipinski definition) is 0. The molecule has 0 amide bonds. The van der Waals surface area contributed by atoms with Gasteiger partial charge in [-0.3, -0.25) is 15.0 Å². The van der Waals surface area contributed by atoms with Crippen LogP contribution in [-0.4, -0.2) is 46.2 Å². The molecule has 3 aromatic rings. The molecule has 0 N–H and O–H groups in total. The van der Waals surface area contributed by atoms with E-state index in [2.05, 4.69) is 26.9 Å². The fourth-order valence-corrected chi connectivity index (χ4v) is 3.64. The van der Waals surface area contributed by atoms with Gasteiger partial charge in [-0.25, -0.2) is 0 Å². The maximum absolute atomic E-state index is 10.8. The molecular formula is C20H20ClN5O3. The second-order valence-electron chi connectivity index (χ2n) is 6.93. The minimum Gasteiger partial charge on any atom is -0.419 e. The Morgan fingerprint density at radius 3 is 2.48 bits per heavy atom. The summed E-state index contributed by atoms with van der Waals surface area (Å²) in [6, 6.07) is 14.0. The van der Waals surface area contributed by atoms with Gasteiger partial charge in [0.25, 0.3) is 5.69 Å². The normalized spacial score (nSPS) is 16.0. The summed E-state index contributed by atoms with van der Waals surface area (Å²) in [6.45, 7) is 5.34. The number of piperazine rings is 1. The van der Waals surface area contributed by atoms with E-state index in [0.717, 1.165) is 37.4 Å². The molecular weight excluding hydrogens is 394 g/mol. The van der Waals surface area contributed by atoms with Gasteiger partial charge in [0.15, 0.2) is 0 Å². The third-order valence-electron chi connectivity index (χ3n) is 5.16. The summed E-state index contributed by atoms with van der Waals surface area (Å²) < 4.78 is 5.89. The summed E-state index contributed by atoms with van der Waals surface area (Å²) in [5.41, 5.74) is 1.89. The number of halogens is 1. The Labute approximate surface area is 172 Å². The van der Waals surface area contributed by atoms with Crippen molar-refractivity contribution in [1.82, 2.24) is 15.1 Å². The summed E-state index contributed by atoms with van der Waals surface area (Å²) in [5.74, 6) is 1.03. The average Bonchev–Trinajstić information content (AvgIpc) is 3.24. The van der Waals surface area contributed by atoms with E-state index in [9.17, 15) is 10.1 Å². The molecule has 0 aliphatic carbocycles. The van der Waals surface area contributed by atoms with E-state index in [-0.39, 0.29) is 16.7 Å². The van der Waals surface area contributed by atoms with E-state index in [4.69, 9.17) is 16.0 Å². The smallest absolute Gasteiger partial charge is 0.269 e. The summed E-state index contributed by atoms with van der Waals surface area (Å²) in [7, 11) is 0. The first-order valence-corrected chi connectivity index (χ1v) is 9.72. The van der Waals surface area contributed by atoms with Crippen LogP contribution in [0.2, 0.25) is 5.02 Å². The van der Waals surface area contributed by atoms with Crippen LogP contribution in [0.25, 0.3) is 11.5 Å². The summed E-state index contributed by atoms with van der Waals surface area (Å²) >= 11 is 6.04. The fraction of sp³-hybridized carbons (Fsp3) is 0.300. The number of benzene rings is 2. The van der Waals surface area contributed by atoms with E-state index < -0.39 is 0 Å². The zero-order valence-corrected chi connectivity index (χ0v) is 16.6. The molecule has 1 saturated heterocycles. The van der Waals surface area contributed by atoms with Crippen LogP contribution in [0.5, 0.6) is 0 Å². The Kier molecular flexibility index (Phi) is 5.46. The lowest BCUT2D eigenvalue weighted by Crippen LogP contribution is -2.47. The van der Waals surface area contributed by atoms with Gasteiger partial charge in [0.1, 0.15) is 0 Å². The van der Waals surface area contributed by atoms with E-state index in [1.54, 1.807) is 36.4 Å². The second kappa shape index (κ2) is 8.18. The molecule has 8 nitrogen and oxygen atoms in total. The van der Waals surface area contributed by atoms with Gasteiger partial charge in [0, 0.05) is 54.6 Å². The highest BCUT2D eigenvalue weighted by Crippen LogP contribution is 2.27. The van der Waals surface area contributed by atoms with Gasteiger partial charge in [-0.1, -0.05) is 17.7 Å². The lowest BCUT2D eigenvalue weighted by molar-refractivity contribution is -0.384. The van der Waals surface area contributed by atoms with Gasteiger partial charge in [0.05, 0.1) is 11.0 Å². The quantitative estimate of drug-likeness (QED) is 0.457. The van der Waals surface area contributed by atoms with Crippen molar-refractivity contribution in [2.24, 2.45) is 0 Å². The van der Waals surface area contributed by atoms with Crippen molar-refractivity contribution in [2.75, 3.05) is 31.1 Å². The van der Waals surface area contributed by atoms with Crippen LogP contribution >= 0.6 is 11.6 Å². The molecule has 0 saturated carbocycles. The molecule has 0 spiro atoms. The molecule has 1 aliphatic rings. The number of aromatic nitrogens is 2. The van der Waals surface area contributed by atoms with E-state index in [0.29, 0.717) is 16.8 Å². The molecule has 0 unspecified atom stereocenters. The molecule has 0 radical (unpaired) electrons. The van der Waals surface area contributed by atoms with E-state index in [1.165, 1.54) is 0 Å². The fourth-order valence-electron chi connectivity index (χ4n) is 3.45. The summed E-state index contributed by atoms with van der Waals surface area (Å²) in [5, 5.41) is 19.8. The maximum Gasteiger partial charge on any atom is 0.269 e. The lowest BCUT2D eigenvalue weighted by Gasteiger charge is -2.38. The SMILES string of the molecule is C[C@@H](c1nnc(-c2cccc(Cl)c2)o1)N1CCN(c2ccc([N+](=O)[O-])cc2)CC1. The van der Waals surface area contributed by atoms with Crippen LogP contribution in [0.1, 0.15) is 18.9 Å². The van der Waals surface area contributed by atoms with Crippen molar-refractivity contribution in [1.29, 1.82) is 0 Å². The average molecular weight is 414 g/mol. The van der Waals surface area contributed by atoms with Gasteiger partial charge >= 0.3 is 0 Å². The van der Waals surface area contributed by atoms with Crippen molar-refractivity contribution in [2.45, 2.75) is 13.0 Å². The molecule has 1 fully saturated rings. The summed E-state index contributed by atoms with van der Waals surface area (Å²) in [4.78, 5) is 14.9. The van der Waals surface area contributed by atoms with Gasteiger partial charge in [-0.2, -0.15) is 0 Å². The number of nitro benzene ring substituents is 1. The van der Waals surface area contributed by atoms with Crippen molar-refractivity contribution >= 4 is 23.0 Å². The highest BCUT2D eigenvalue weighted by atomic mass is 35.5. The number of nitrogens with zero attached hydrogens (tertiary/aromatic N) is 5. The monoisotopic (exact) mass is 413 g/mol. The second-order valence-corrected chi connectivity index (χ2v) is 7.36. The first-order chi connectivity index (χ1) is 14.0.